The van der Waals surface area contributed by atoms with E-state index in [-0.39, 0.29) is 6.01 Å². The van der Waals surface area contributed by atoms with Crippen molar-refractivity contribution in [1.29, 1.82) is 0 Å². The molecule has 0 radical (unpaired) electrons. The molecule has 1 aromatic heterocycles. The van der Waals surface area contributed by atoms with Crippen molar-refractivity contribution in [2.45, 2.75) is 6.92 Å². The maximum Gasteiger partial charge on any atom is 0.322 e. The molecule has 0 aliphatic rings. The Balaban J connectivity index is 2.31. The first-order valence-electron chi connectivity index (χ1n) is 5.63. The Hall–Kier alpha value is -1.89. The summed E-state index contributed by atoms with van der Waals surface area (Å²) in [4.78, 5) is 12.4. The Labute approximate surface area is 119 Å². The molecule has 0 spiro atoms. The minimum Gasteiger partial charge on any atom is -0.467 e. The standard InChI is InChI=1S/C12H14BrN5O/c1-7-4-8(13)6-9(5-7)15-11-16-10(14-2)17-12(18-11)19-3/h4-6H,1-3H3,(H2,14,15,16,17,18). The number of methoxy groups -OCH3 is 1. The van der Waals surface area contributed by atoms with Crippen LogP contribution in [0.4, 0.5) is 17.6 Å². The van der Waals surface area contributed by atoms with Crippen LogP contribution in [0.5, 0.6) is 6.01 Å². The Morgan fingerprint density at radius 1 is 1.11 bits per heavy atom. The van der Waals surface area contributed by atoms with E-state index < -0.39 is 0 Å². The van der Waals surface area contributed by atoms with Gasteiger partial charge in [-0.25, -0.2) is 0 Å². The summed E-state index contributed by atoms with van der Waals surface area (Å²) in [5, 5.41) is 5.98. The second-order valence-corrected chi connectivity index (χ2v) is 4.78. The van der Waals surface area contributed by atoms with Crippen molar-refractivity contribution in [3.63, 3.8) is 0 Å². The van der Waals surface area contributed by atoms with E-state index in [2.05, 4.69) is 41.5 Å². The zero-order chi connectivity index (χ0) is 13.8. The molecule has 6 nitrogen and oxygen atoms in total. The number of hydrogen-bond acceptors (Lipinski definition) is 6. The van der Waals surface area contributed by atoms with Crippen molar-refractivity contribution in [2.24, 2.45) is 0 Å². The lowest BCUT2D eigenvalue weighted by molar-refractivity contribution is 0.379. The first kappa shape index (κ1) is 13.5. The minimum absolute atomic E-state index is 0.258. The van der Waals surface area contributed by atoms with Gasteiger partial charge in [-0.05, 0) is 30.7 Å². The van der Waals surface area contributed by atoms with Gasteiger partial charge >= 0.3 is 6.01 Å². The molecule has 2 N–H and O–H groups in total. The Kier molecular flexibility index (Phi) is 4.16. The SMILES string of the molecule is CNc1nc(Nc2cc(C)cc(Br)c2)nc(OC)n1. The quantitative estimate of drug-likeness (QED) is 0.901. The molecule has 0 aliphatic carbocycles. The number of aromatic nitrogens is 3. The molecular weight excluding hydrogens is 310 g/mol. The number of aryl methyl sites for hydroxylation is 1. The van der Waals surface area contributed by atoms with Gasteiger partial charge in [0.05, 0.1) is 7.11 Å². The number of halogens is 1. The molecule has 1 aromatic carbocycles. The van der Waals surface area contributed by atoms with E-state index in [0.717, 1.165) is 15.7 Å². The fourth-order valence-corrected chi connectivity index (χ4v) is 2.16. The number of nitrogens with zero attached hydrogens (tertiary/aromatic N) is 3. The minimum atomic E-state index is 0.258. The lowest BCUT2D eigenvalue weighted by Gasteiger charge is -2.09. The highest BCUT2D eigenvalue weighted by Gasteiger charge is 2.06. The lowest BCUT2D eigenvalue weighted by Crippen LogP contribution is -2.05. The van der Waals surface area contributed by atoms with Crippen LogP contribution in [-0.4, -0.2) is 29.1 Å². The molecule has 1 heterocycles. The molecule has 2 rings (SSSR count). The number of rotatable bonds is 4. The van der Waals surface area contributed by atoms with Crippen molar-refractivity contribution < 1.29 is 4.74 Å². The van der Waals surface area contributed by atoms with Crippen LogP contribution in [-0.2, 0) is 0 Å². The summed E-state index contributed by atoms with van der Waals surface area (Å²) in [7, 11) is 3.25. The van der Waals surface area contributed by atoms with Crippen LogP contribution < -0.4 is 15.4 Å². The van der Waals surface area contributed by atoms with Crippen LogP contribution in [0.15, 0.2) is 22.7 Å². The van der Waals surface area contributed by atoms with Crippen molar-refractivity contribution in [3.05, 3.63) is 28.2 Å². The highest BCUT2D eigenvalue weighted by molar-refractivity contribution is 9.10. The highest BCUT2D eigenvalue weighted by atomic mass is 79.9. The first-order chi connectivity index (χ1) is 9.10. The van der Waals surface area contributed by atoms with Crippen LogP contribution >= 0.6 is 15.9 Å². The molecule has 0 aliphatic heterocycles. The largest absolute Gasteiger partial charge is 0.467 e. The Morgan fingerprint density at radius 2 is 1.84 bits per heavy atom. The van der Waals surface area contributed by atoms with Gasteiger partial charge < -0.3 is 15.4 Å². The third kappa shape index (κ3) is 3.54. The summed E-state index contributed by atoms with van der Waals surface area (Å²) < 4.78 is 6.02. The molecule has 7 heteroatoms. The predicted molar refractivity (Wildman–Crippen MR) is 78.1 cm³/mol. The summed E-state index contributed by atoms with van der Waals surface area (Å²) >= 11 is 3.45. The maximum atomic E-state index is 5.03. The Bertz CT molecular complexity index is 548. The number of anilines is 3. The predicted octanol–water partition coefficient (Wildman–Crippen LogP) is 2.74. The summed E-state index contributed by atoms with van der Waals surface area (Å²) in [6.45, 7) is 2.02. The van der Waals surface area contributed by atoms with Crippen LogP contribution in [0.25, 0.3) is 0 Å². The molecule has 0 bridgehead atoms. The van der Waals surface area contributed by atoms with Gasteiger partial charge in [-0.15, -0.1) is 0 Å². The lowest BCUT2D eigenvalue weighted by atomic mass is 10.2. The third-order valence-corrected chi connectivity index (χ3v) is 2.78. The van der Waals surface area contributed by atoms with E-state index in [4.69, 9.17) is 4.74 Å². The topological polar surface area (TPSA) is 72.0 Å². The van der Waals surface area contributed by atoms with E-state index in [1.54, 1.807) is 7.05 Å². The molecule has 19 heavy (non-hydrogen) atoms. The van der Waals surface area contributed by atoms with Crippen molar-refractivity contribution in [1.82, 2.24) is 15.0 Å². The molecule has 0 amide bonds. The van der Waals surface area contributed by atoms with Gasteiger partial charge in [0.25, 0.3) is 0 Å². The smallest absolute Gasteiger partial charge is 0.322 e. The zero-order valence-corrected chi connectivity index (χ0v) is 12.4. The van der Waals surface area contributed by atoms with Gasteiger partial charge in [0.2, 0.25) is 11.9 Å². The molecule has 0 atom stereocenters. The van der Waals surface area contributed by atoms with Crippen molar-refractivity contribution in [3.8, 4) is 6.01 Å². The molecule has 100 valence electrons. The van der Waals surface area contributed by atoms with Crippen LogP contribution in [0, 0.1) is 6.92 Å². The van der Waals surface area contributed by atoms with Gasteiger partial charge in [0.1, 0.15) is 0 Å². The van der Waals surface area contributed by atoms with Crippen LogP contribution in [0.2, 0.25) is 0 Å². The molecule has 2 aromatic rings. The number of nitrogens with one attached hydrogen (secondary N) is 2. The van der Waals surface area contributed by atoms with Gasteiger partial charge in [-0.1, -0.05) is 15.9 Å². The van der Waals surface area contributed by atoms with Crippen molar-refractivity contribution >= 4 is 33.5 Å². The second-order valence-electron chi connectivity index (χ2n) is 3.86. The number of benzene rings is 1. The van der Waals surface area contributed by atoms with Gasteiger partial charge in [-0.2, -0.15) is 15.0 Å². The van der Waals surface area contributed by atoms with E-state index in [0.29, 0.717) is 11.9 Å². The Morgan fingerprint density at radius 3 is 2.47 bits per heavy atom. The summed E-state index contributed by atoms with van der Waals surface area (Å²) in [5.41, 5.74) is 2.02. The molecule has 0 saturated carbocycles. The number of hydrogen-bond donors (Lipinski definition) is 2. The summed E-state index contributed by atoms with van der Waals surface area (Å²) in [5.74, 6) is 0.870. The fraction of sp³-hybridized carbons (Fsp3) is 0.250. The van der Waals surface area contributed by atoms with E-state index >= 15 is 0 Å². The highest BCUT2D eigenvalue weighted by Crippen LogP contribution is 2.22. The van der Waals surface area contributed by atoms with Gasteiger partial charge in [0, 0.05) is 17.2 Å². The number of ether oxygens (including phenoxy) is 1. The van der Waals surface area contributed by atoms with E-state index in [1.165, 1.54) is 7.11 Å². The first-order valence-corrected chi connectivity index (χ1v) is 6.42. The molecule has 0 fully saturated rings. The van der Waals surface area contributed by atoms with Gasteiger partial charge in [0.15, 0.2) is 0 Å². The maximum absolute atomic E-state index is 5.03. The average molecular weight is 324 g/mol. The van der Waals surface area contributed by atoms with Gasteiger partial charge in [-0.3, -0.25) is 0 Å². The normalized spacial score (nSPS) is 10.1. The average Bonchev–Trinajstić information content (AvgIpc) is 2.37. The summed E-state index contributed by atoms with van der Waals surface area (Å²) in [6.07, 6.45) is 0. The van der Waals surface area contributed by atoms with Crippen LogP contribution in [0.3, 0.4) is 0 Å². The molecule has 0 unspecified atom stereocenters. The van der Waals surface area contributed by atoms with Crippen LogP contribution in [0.1, 0.15) is 5.56 Å². The van der Waals surface area contributed by atoms with Crippen molar-refractivity contribution in [2.75, 3.05) is 24.8 Å². The van der Waals surface area contributed by atoms with E-state index in [9.17, 15) is 0 Å². The summed E-state index contributed by atoms with van der Waals surface area (Å²) in [6, 6.07) is 6.23. The van der Waals surface area contributed by atoms with E-state index in [1.807, 2.05) is 25.1 Å². The zero-order valence-electron chi connectivity index (χ0n) is 10.9. The molecular formula is C12H14BrN5O. The third-order valence-electron chi connectivity index (χ3n) is 2.32. The monoisotopic (exact) mass is 323 g/mol. The second kappa shape index (κ2) is 5.83. The molecule has 0 saturated heterocycles. The fourth-order valence-electron chi connectivity index (χ4n) is 1.55.